The summed E-state index contributed by atoms with van der Waals surface area (Å²) in [4.78, 5) is 39.9. The Labute approximate surface area is 171 Å². The molecule has 2 saturated carbocycles. The van der Waals surface area contributed by atoms with Crippen molar-refractivity contribution in [2.24, 2.45) is 35.5 Å². The largest absolute Gasteiger partial charge is 0.471 e. The van der Waals surface area contributed by atoms with Gasteiger partial charge in [-0.3, -0.25) is 24.2 Å². The first-order valence-corrected chi connectivity index (χ1v) is 10.1. The molecule has 5 nitrogen and oxygen atoms in total. The van der Waals surface area contributed by atoms with Crippen LogP contribution in [0.25, 0.3) is 0 Å². The lowest BCUT2D eigenvalue weighted by molar-refractivity contribution is -0.171. The molecule has 1 heterocycles. The summed E-state index contributed by atoms with van der Waals surface area (Å²) in [7, 11) is 0. The number of hydrogen-bond acceptors (Lipinski definition) is 3. The molecule has 6 atom stereocenters. The van der Waals surface area contributed by atoms with Crippen molar-refractivity contribution in [1.82, 2.24) is 4.90 Å². The van der Waals surface area contributed by atoms with Gasteiger partial charge in [0.1, 0.15) is 6.67 Å². The van der Waals surface area contributed by atoms with Crippen LogP contribution in [0.1, 0.15) is 17.5 Å². The topological polar surface area (TPSA) is 57.7 Å². The van der Waals surface area contributed by atoms with Crippen LogP contribution in [0.5, 0.6) is 0 Å². The molecule has 0 radical (unpaired) electrons. The zero-order valence-corrected chi connectivity index (χ0v) is 16.5. The number of carbonyl (C=O) groups excluding carboxylic acids is 3. The molecule has 0 N–H and O–H groups in total. The van der Waals surface area contributed by atoms with Crippen molar-refractivity contribution in [3.05, 3.63) is 41.5 Å². The van der Waals surface area contributed by atoms with Gasteiger partial charge in [0.05, 0.1) is 11.8 Å². The fraction of sp³-hybridized carbons (Fsp3) is 0.500. The minimum atomic E-state index is -5.13. The van der Waals surface area contributed by atoms with Crippen LogP contribution in [0.4, 0.5) is 18.9 Å². The minimum absolute atomic E-state index is 0.0224. The Morgan fingerprint density at radius 3 is 1.97 bits per heavy atom. The van der Waals surface area contributed by atoms with Crippen molar-refractivity contribution in [1.29, 1.82) is 0 Å². The van der Waals surface area contributed by atoms with Crippen molar-refractivity contribution in [3.8, 4) is 0 Å². The second-order valence-corrected chi connectivity index (χ2v) is 8.98. The zero-order chi connectivity index (χ0) is 21.5. The molecule has 4 aliphatic carbocycles. The van der Waals surface area contributed by atoms with Crippen LogP contribution in [0.2, 0.25) is 0 Å². The predicted molar refractivity (Wildman–Crippen MR) is 101 cm³/mol. The number of amides is 3. The van der Waals surface area contributed by atoms with E-state index in [9.17, 15) is 27.6 Å². The van der Waals surface area contributed by atoms with Gasteiger partial charge in [-0.2, -0.15) is 13.2 Å². The van der Waals surface area contributed by atoms with Crippen molar-refractivity contribution >= 4 is 23.4 Å². The van der Waals surface area contributed by atoms with Gasteiger partial charge in [-0.1, -0.05) is 18.2 Å². The van der Waals surface area contributed by atoms with E-state index in [1.807, 2.05) is 12.2 Å². The second-order valence-electron chi connectivity index (χ2n) is 8.98. The number of likely N-dealkylation sites (tertiary alicyclic amines) is 1. The monoisotopic (exact) mass is 418 g/mol. The molecule has 6 rings (SSSR count). The van der Waals surface area contributed by atoms with Crippen LogP contribution in [-0.4, -0.2) is 35.5 Å². The number of imide groups is 1. The lowest BCUT2D eigenvalue weighted by atomic mass is 9.63. The summed E-state index contributed by atoms with van der Waals surface area (Å²) >= 11 is 0. The number of benzene rings is 1. The van der Waals surface area contributed by atoms with E-state index >= 15 is 0 Å². The molecule has 0 aromatic heterocycles. The Morgan fingerprint density at radius 2 is 1.50 bits per heavy atom. The quantitative estimate of drug-likeness (QED) is 0.560. The van der Waals surface area contributed by atoms with Crippen molar-refractivity contribution in [3.63, 3.8) is 0 Å². The maximum absolute atomic E-state index is 13.4. The average molecular weight is 418 g/mol. The van der Waals surface area contributed by atoms with Gasteiger partial charge in [-0.25, -0.2) is 0 Å². The van der Waals surface area contributed by atoms with Crippen LogP contribution >= 0.6 is 0 Å². The van der Waals surface area contributed by atoms with Crippen LogP contribution in [0.3, 0.4) is 0 Å². The Kier molecular flexibility index (Phi) is 3.98. The number of nitrogens with zero attached hydrogens (tertiary/aromatic N) is 2. The van der Waals surface area contributed by atoms with E-state index < -0.39 is 42.4 Å². The molecule has 1 saturated heterocycles. The van der Waals surface area contributed by atoms with E-state index in [1.54, 1.807) is 19.9 Å². The maximum Gasteiger partial charge on any atom is 0.471 e. The third-order valence-corrected chi connectivity index (χ3v) is 7.04. The lowest BCUT2D eigenvalue weighted by Gasteiger charge is -2.37. The number of rotatable bonds is 3. The number of alkyl halides is 3. The van der Waals surface area contributed by atoms with Gasteiger partial charge in [-0.15, -0.1) is 0 Å². The average Bonchev–Trinajstić information content (AvgIpc) is 3.44. The van der Waals surface area contributed by atoms with Crippen molar-refractivity contribution in [2.75, 3.05) is 11.6 Å². The highest BCUT2D eigenvalue weighted by atomic mass is 19.4. The van der Waals surface area contributed by atoms with Crippen LogP contribution in [-0.2, 0) is 14.4 Å². The number of carbonyl (C=O) groups is 3. The van der Waals surface area contributed by atoms with Gasteiger partial charge < -0.3 is 0 Å². The van der Waals surface area contributed by atoms with Crippen LogP contribution < -0.4 is 4.90 Å². The maximum atomic E-state index is 13.4. The molecule has 8 heteroatoms. The first-order chi connectivity index (χ1) is 14.1. The molecule has 0 spiro atoms. The SMILES string of the molecule is Cc1cc(C)cc(N(CN2C(=O)[C@H]3[C@@H]4C=C[C@H]([C@H]5C[C@H]45)[C@@H]3C2=O)C(=O)C(F)(F)F)c1. The molecule has 1 aromatic carbocycles. The minimum Gasteiger partial charge on any atom is -0.286 e. The molecule has 1 aromatic rings. The normalized spacial score (nSPS) is 33.6. The van der Waals surface area contributed by atoms with Gasteiger partial charge in [0.2, 0.25) is 11.8 Å². The van der Waals surface area contributed by atoms with E-state index in [0.717, 1.165) is 11.3 Å². The van der Waals surface area contributed by atoms with Crippen LogP contribution in [0.15, 0.2) is 30.4 Å². The van der Waals surface area contributed by atoms with Crippen LogP contribution in [0, 0.1) is 49.4 Å². The summed E-state index contributed by atoms with van der Waals surface area (Å²) in [6.45, 7) is 2.70. The van der Waals surface area contributed by atoms with E-state index in [0.29, 0.717) is 27.9 Å². The van der Waals surface area contributed by atoms with Gasteiger partial charge in [0, 0.05) is 5.69 Å². The van der Waals surface area contributed by atoms with Gasteiger partial charge in [-0.05, 0) is 67.2 Å². The molecule has 3 fully saturated rings. The highest BCUT2D eigenvalue weighted by molar-refractivity contribution is 6.07. The van der Waals surface area contributed by atoms with Crippen molar-refractivity contribution in [2.45, 2.75) is 26.4 Å². The van der Waals surface area contributed by atoms with Gasteiger partial charge in [0.25, 0.3) is 0 Å². The Bertz CT molecular complexity index is 946. The highest BCUT2D eigenvalue weighted by Crippen LogP contribution is 2.65. The summed E-state index contributed by atoms with van der Waals surface area (Å²) in [6, 6.07) is 4.68. The molecule has 5 aliphatic rings. The molecular formula is C22H21F3N2O3. The van der Waals surface area contributed by atoms with E-state index in [4.69, 9.17) is 0 Å². The Balaban J connectivity index is 1.49. The third-order valence-electron chi connectivity index (χ3n) is 7.04. The smallest absolute Gasteiger partial charge is 0.286 e. The molecule has 0 unspecified atom stereocenters. The Morgan fingerprint density at radius 1 is 1.00 bits per heavy atom. The molecular weight excluding hydrogens is 397 g/mol. The number of allylic oxidation sites excluding steroid dienone is 2. The molecule has 1 aliphatic heterocycles. The third kappa shape index (κ3) is 2.72. The van der Waals surface area contributed by atoms with E-state index in [-0.39, 0.29) is 17.5 Å². The second kappa shape index (κ2) is 6.18. The highest BCUT2D eigenvalue weighted by Gasteiger charge is 2.67. The molecule has 2 bridgehead atoms. The summed E-state index contributed by atoms with van der Waals surface area (Å²) in [6.07, 6.45) is -0.135. The fourth-order valence-corrected chi connectivity index (χ4v) is 5.82. The fourth-order valence-electron chi connectivity index (χ4n) is 5.82. The van der Waals surface area contributed by atoms with Gasteiger partial charge >= 0.3 is 12.1 Å². The number of hydrogen-bond donors (Lipinski definition) is 0. The summed E-state index contributed by atoms with van der Waals surface area (Å²) < 4.78 is 40.1. The molecule has 30 heavy (non-hydrogen) atoms. The van der Waals surface area contributed by atoms with E-state index in [2.05, 4.69) is 0 Å². The number of aryl methyl sites for hydroxylation is 2. The van der Waals surface area contributed by atoms with Crippen molar-refractivity contribution < 1.29 is 27.6 Å². The number of halogens is 3. The Hall–Kier alpha value is -2.64. The lowest BCUT2D eigenvalue weighted by Crippen LogP contribution is -2.49. The first kappa shape index (κ1) is 19.3. The predicted octanol–water partition coefficient (Wildman–Crippen LogP) is 3.21. The standard InChI is InChI=1S/C22H21F3N2O3/c1-10-5-11(2)7-12(6-10)26(21(30)22(23,24)25)9-27-19(28)17-13-3-4-14(16-8-15(13)16)18(17)20(27)29/h3-7,13-18H,8-9H2,1-2H3/t13-,14-,15-,16-,17+,18+/m1/s1. The number of anilines is 1. The summed E-state index contributed by atoms with van der Waals surface area (Å²) in [5.41, 5.74) is 1.38. The summed E-state index contributed by atoms with van der Waals surface area (Å²) in [5.74, 6) is -3.31. The first-order valence-electron chi connectivity index (χ1n) is 10.1. The van der Waals surface area contributed by atoms with Gasteiger partial charge in [0.15, 0.2) is 0 Å². The molecule has 158 valence electrons. The zero-order valence-electron chi connectivity index (χ0n) is 16.5. The summed E-state index contributed by atoms with van der Waals surface area (Å²) in [5, 5.41) is 0. The van der Waals surface area contributed by atoms with E-state index in [1.165, 1.54) is 12.1 Å². The molecule has 3 amide bonds.